The average molecular weight is 319 g/mol. The van der Waals surface area contributed by atoms with Crippen LogP contribution in [-0.4, -0.2) is 18.0 Å². The standard InChI is InChI=1S/C21H21NO2/c1-4-22-19-12-7-15(2)14-18(19)21(20(22)6-5-13-23)16-8-10-17(24-3)11-9-16/h5-14H,4H2,1-3H3/b6-5+. The van der Waals surface area contributed by atoms with Crippen LogP contribution in [-0.2, 0) is 11.3 Å². The van der Waals surface area contributed by atoms with Gasteiger partial charge in [0.2, 0.25) is 0 Å². The summed E-state index contributed by atoms with van der Waals surface area (Å²) in [7, 11) is 1.67. The lowest BCUT2D eigenvalue weighted by molar-refractivity contribution is -0.104. The van der Waals surface area contributed by atoms with Crippen LogP contribution in [0.2, 0.25) is 0 Å². The van der Waals surface area contributed by atoms with Gasteiger partial charge in [0.15, 0.2) is 0 Å². The Hall–Kier alpha value is -2.81. The molecule has 3 rings (SSSR count). The number of aldehydes is 1. The Kier molecular flexibility index (Phi) is 4.52. The van der Waals surface area contributed by atoms with Crippen LogP contribution in [0.4, 0.5) is 0 Å². The summed E-state index contributed by atoms with van der Waals surface area (Å²) in [6, 6.07) is 14.5. The SMILES string of the molecule is CCn1c(/C=C/C=O)c(-c2ccc(OC)cc2)c2cc(C)ccc21. The fourth-order valence-corrected chi connectivity index (χ4v) is 3.19. The highest BCUT2D eigenvalue weighted by molar-refractivity contribution is 6.01. The van der Waals surface area contributed by atoms with Crippen molar-refractivity contribution in [2.75, 3.05) is 7.11 Å². The topological polar surface area (TPSA) is 31.2 Å². The van der Waals surface area contributed by atoms with Crippen LogP contribution in [0.15, 0.2) is 48.5 Å². The molecule has 0 atom stereocenters. The van der Waals surface area contributed by atoms with E-state index in [0.717, 1.165) is 35.4 Å². The van der Waals surface area contributed by atoms with Crippen LogP contribution < -0.4 is 4.74 Å². The minimum absolute atomic E-state index is 0.820. The maximum absolute atomic E-state index is 10.9. The van der Waals surface area contributed by atoms with E-state index in [1.54, 1.807) is 13.2 Å². The Labute approximate surface area is 142 Å². The first kappa shape index (κ1) is 16.1. The van der Waals surface area contributed by atoms with E-state index in [1.165, 1.54) is 16.5 Å². The van der Waals surface area contributed by atoms with Gasteiger partial charge in [-0.15, -0.1) is 0 Å². The summed E-state index contributed by atoms with van der Waals surface area (Å²) in [5.74, 6) is 0.833. The summed E-state index contributed by atoms with van der Waals surface area (Å²) in [5.41, 5.74) is 5.71. The first-order chi connectivity index (χ1) is 11.7. The molecule has 1 aromatic heterocycles. The highest BCUT2D eigenvalue weighted by atomic mass is 16.5. The summed E-state index contributed by atoms with van der Waals surface area (Å²) in [6.07, 6.45) is 4.27. The molecule has 3 aromatic rings. The number of ether oxygens (including phenoxy) is 1. The molecule has 122 valence electrons. The minimum atomic E-state index is 0.820. The number of carbonyl (C=O) groups is 1. The van der Waals surface area contributed by atoms with Crippen molar-refractivity contribution in [3.8, 4) is 16.9 Å². The van der Waals surface area contributed by atoms with E-state index in [9.17, 15) is 4.79 Å². The van der Waals surface area contributed by atoms with Gasteiger partial charge in [-0.2, -0.15) is 0 Å². The zero-order chi connectivity index (χ0) is 17.1. The molecule has 0 aliphatic rings. The minimum Gasteiger partial charge on any atom is -0.497 e. The average Bonchev–Trinajstić information content (AvgIpc) is 2.92. The van der Waals surface area contributed by atoms with Gasteiger partial charge in [0.05, 0.1) is 7.11 Å². The normalized spacial score (nSPS) is 11.3. The van der Waals surface area contributed by atoms with Crippen molar-refractivity contribution in [3.05, 3.63) is 59.8 Å². The zero-order valence-corrected chi connectivity index (χ0v) is 14.2. The van der Waals surface area contributed by atoms with Crippen molar-refractivity contribution in [3.63, 3.8) is 0 Å². The smallest absolute Gasteiger partial charge is 0.142 e. The van der Waals surface area contributed by atoms with Crippen molar-refractivity contribution in [2.24, 2.45) is 0 Å². The summed E-state index contributed by atoms with van der Waals surface area (Å²) in [4.78, 5) is 10.9. The van der Waals surface area contributed by atoms with E-state index in [0.29, 0.717) is 0 Å². The number of methoxy groups -OCH3 is 1. The maximum Gasteiger partial charge on any atom is 0.142 e. The largest absolute Gasteiger partial charge is 0.497 e. The van der Waals surface area contributed by atoms with Gasteiger partial charge in [0, 0.05) is 28.7 Å². The molecule has 0 aliphatic heterocycles. The molecule has 0 aliphatic carbocycles. The third kappa shape index (κ3) is 2.73. The van der Waals surface area contributed by atoms with E-state index in [-0.39, 0.29) is 0 Å². The number of hydrogen-bond donors (Lipinski definition) is 0. The zero-order valence-electron chi connectivity index (χ0n) is 14.2. The van der Waals surface area contributed by atoms with E-state index in [4.69, 9.17) is 4.74 Å². The predicted molar refractivity (Wildman–Crippen MR) is 99.4 cm³/mol. The highest BCUT2D eigenvalue weighted by Crippen LogP contribution is 2.37. The Balaban J connectivity index is 2.35. The van der Waals surface area contributed by atoms with Crippen molar-refractivity contribution in [1.29, 1.82) is 0 Å². The van der Waals surface area contributed by atoms with Crippen molar-refractivity contribution in [2.45, 2.75) is 20.4 Å². The molecule has 0 saturated carbocycles. The summed E-state index contributed by atoms with van der Waals surface area (Å²) >= 11 is 0. The Morgan fingerprint density at radius 2 is 1.88 bits per heavy atom. The van der Waals surface area contributed by atoms with Gasteiger partial charge >= 0.3 is 0 Å². The fourth-order valence-electron chi connectivity index (χ4n) is 3.19. The number of aryl methyl sites for hydroxylation is 2. The molecule has 0 spiro atoms. The Morgan fingerprint density at radius 1 is 1.12 bits per heavy atom. The van der Waals surface area contributed by atoms with Crippen LogP contribution in [0.5, 0.6) is 5.75 Å². The van der Waals surface area contributed by atoms with Crippen LogP contribution in [0.1, 0.15) is 18.2 Å². The number of benzene rings is 2. The maximum atomic E-state index is 10.9. The van der Waals surface area contributed by atoms with Crippen molar-refractivity contribution in [1.82, 2.24) is 4.57 Å². The first-order valence-electron chi connectivity index (χ1n) is 8.08. The molecular weight excluding hydrogens is 298 g/mol. The molecule has 0 amide bonds. The molecule has 2 aromatic carbocycles. The second-order valence-electron chi connectivity index (χ2n) is 5.75. The number of carbonyl (C=O) groups excluding carboxylic acids is 1. The second-order valence-corrected chi connectivity index (χ2v) is 5.75. The van der Waals surface area contributed by atoms with Crippen molar-refractivity contribution >= 4 is 23.3 Å². The molecular formula is C21H21NO2. The highest BCUT2D eigenvalue weighted by Gasteiger charge is 2.16. The number of fused-ring (bicyclic) bond motifs is 1. The third-order valence-electron chi connectivity index (χ3n) is 4.29. The van der Waals surface area contributed by atoms with Crippen LogP contribution >= 0.6 is 0 Å². The molecule has 1 heterocycles. The fraction of sp³-hybridized carbons (Fsp3) is 0.190. The number of rotatable bonds is 5. The van der Waals surface area contributed by atoms with Crippen LogP contribution in [0.25, 0.3) is 28.1 Å². The van der Waals surface area contributed by atoms with Gasteiger partial charge < -0.3 is 9.30 Å². The lowest BCUT2D eigenvalue weighted by atomic mass is 10.0. The number of hydrogen-bond acceptors (Lipinski definition) is 2. The van der Waals surface area contributed by atoms with E-state index in [1.807, 2.05) is 18.2 Å². The van der Waals surface area contributed by atoms with E-state index < -0.39 is 0 Å². The van der Waals surface area contributed by atoms with Gasteiger partial charge in [0.1, 0.15) is 12.0 Å². The summed E-state index contributed by atoms with van der Waals surface area (Å²) in [5, 5.41) is 1.20. The molecule has 0 fully saturated rings. The number of nitrogens with zero attached hydrogens (tertiary/aromatic N) is 1. The molecule has 0 radical (unpaired) electrons. The van der Waals surface area contributed by atoms with Gasteiger partial charge in [-0.3, -0.25) is 4.79 Å². The lowest BCUT2D eigenvalue weighted by Crippen LogP contribution is -1.97. The van der Waals surface area contributed by atoms with Gasteiger partial charge in [-0.1, -0.05) is 23.8 Å². The molecule has 0 saturated heterocycles. The first-order valence-corrected chi connectivity index (χ1v) is 8.08. The van der Waals surface area contributed by atoms with Crippen LogP contribution in [0, 0.1) is 6.92 Å². The quantitative estimate of drug-likeness (QED) is 0.497. The molecule has 3 nitrogen and oxygen atoms in total. The van der Waals surface area contributed by atoms with Gasteiger partial charge in [-0.25, -0.2) is 0 Å². The van der Waals surface area contributed by atoms with E-state index >= 15 is 0 Å². The molecule has 24 heavy (non-hydrogen) atoms. The second kappa shape index (κ2) is 6.75. The molecule has 0 unspecified atom stereocenters. The summed E-state index contributed by atoms with van der Waals surface area (Å²) < 4.78 is 7.51. The Bertz CT molecular complexity index is 902. The van der Waals surface area contributed by atoms with E-state index in [2.05, 4.69) is 48.7 Å². The molecule has 0 bridgehead atoms. The number of aromatic nitrogens is 1. The summed E-state index contributed by atoms with van der Waals surface area (Å²) in [6.45, 7) is 5.06. The van der Waals surface area contributed by atoms with Crippen LogP contribution in [0.3, 0.4) is 0 Å². The van der Waals surface area contributed by atoms with Gasteiger partial charge in [0.25, 0.3) is 0 Å². The molecule has 0 N–H and O–H groups in total. The van der Waals surface area contributed by atoms with Crippen molar-refractivity contribution < 1.29 is 9.53 Å². The lowest BCUT2D eigenvalue weighted by Gasteiger charge is -2.07. The Morgan fingerprint density at radius 3 is 2.50 bits per heavy atom. The third-order valence-corrected chi connectivity index (χ3v) is 4.29. The molecule has 3 heteroatoms. The monoisotopic (exact) mass is 319 g/mol. The predicted octanol–water partition coefficient (Wildman–Crippen LogP) is 4.86. The van der Waals surface area contributed by atoms with Gasteiger partial charge in [-0.05, 0) is 55.8 Å². The number of allylic oxidation sites excluding steroid dienone is 1.